The van der Waals surface area contributed by atoms with Gasteiger partial charge in [0.25, 0.3) is 0 Å². The molecule has 2 unspecified atom stereocenters. The van der Waals surface area contributed by atoms with Crippen LogP contribution in [0.25, 0.3) is 0 Å². The molecule has 2 atom stereocenters. The van der Waals surface area contributed by atoms with Crippen molar-refractivity contribution >= 4 is 5.97 Å². The molecule has 0 spiro atoms. The smallest absolute Gasteiger partial charge is 0.333 e. The molecule has 4 heteroatoms. The maximum absolute atomic E-state index is 11.5. The largest absolute Gasteiger partial charge is 0.466 e. The number of esters is 1. The number of carbonyl (C=O) groups excluding carboxylic acids is 1. The van der Waals surface area contributed by atoms with Gasteiger partial charge >= 0.3 is 5.97 Å². The average Bonchev–Trinajstić information content (AvgIpc) is 3.07. The van der Waals surface area contributed by atoms with E-state index in [-0.39, 0.29) is 17.8 Å². The number of carbonyl (C=O) groups is 1. The van der Waals surface area contributed by atoms with E-state index in [0.717, 1.165) is 25.7 Å². The van der Waals surface area contributed by atoms with Crippen LogP contribution in [0.2, 0.25) is 0 Å². The van der Waals surface area contributed by atoms with Gasteiger partial charge in [-0.05, 0) is 18.8 Å². The summed E-state index contributed by atoms with van der Waals surface area (Å²) >= 11 is 0. The van der Waals surface area contributed by atoms with Crippen LogP contribution in [0.4, 0.5) is 0 Å². The van der Waals surface area contributed by atoms with Gasteiger partial charge in [0.2, 0.25) is 0 Å². The number of unbranched alkanes of at least 4 members (excludes halogenated alkanes) is 1. The number of ether oxygens (including phenoxy) is 3. The van der Waals surface area contributed by atoms with Crippen molar-refractivity contribution in [3.05, 3.63) is 12.2 Å². The van der Waals surface area contributed by atoms with Gasteiger partial charge in [-0.2, -0.15) is 0 Å². The van der Waals surface area contributed by atoms with Gasteiger partial charge < -0.3 is 14.2 Å². The summed E-state index contributed by atoms with van der Waals surface area (Å²) in [6.07, 6.45) is 4.01. The van der Waals surface area contributed by atoms with Crippen LogP contribution < -0.4 is 0 Å². The first-order valence-electron chi connectivity index (χ1n) is 6.69. The Labute approximate surface area is 108 Å². The molecule has 0 amide bonds. The molecule has 0 N–H and O–H groups in total. The summed E-state index contributed by atoms with van der Waals surface area (Å²) in [6, 6.07) is 0. The summed E-state index contributed by atoms with van der Waals surface area (Å²) in [6.45, 7) is 7.29. The molecule has 1 aliphatic heterocycles. The van der Waals surface area contributed by atoms with Crippen molar-refractivity contribution in [1.29, 1.82) is 0 Å². The summed E-state index contributed by atoms with van der Waals surface area (Å²) in [7, 11) is 1.39. The topological polar surface area (TPSA) is 44.8 Å². The van der Waals surface area contributed by atoms with Gasteiger partial charge in [0.1, 0.15) is 0 Å². The van der Waals surface area contributed by atoms with Crippen molar-refractivity contribution in [3.8, 4) is 0 Å². The molecule has 0 aromatic rings. The Balaban J connectivity index is 1.98. The van der Waals surface area contributed by atoms with E-state index in [2.05, 4.69) is 13.5 Å². The Morgan fingerprint density at radius 1 is 1.44 bits per heavy atom. The van der Waals surface area contributed by atoms with Gasteiger partial charge in [-0.25, -0.2) is 4.79 Å². The number of hydrogen-bond donors (Lipinski definition) is 0. The van der Waals surface area contributed by atoms with E-state index in [1.54, 1.807) is 0 Å². The zero-order valence-corrected chi connectivity index (χ0v) is 11.2. The third-order valence-electron chi connectivity index (χ3n) is 3.91. The molecule has 0 radical (unpaired) electrons. The van der Waals surface area contributed by atoms with E-state index >= 15 is 0 Å². The molecule has 0 bridgehead atoms. The summed E-state index contributed by atoms with van der Waals surface area (Å²) in [4.78, 5) is 11.5. The van der Waals surface area contributed by atoms with Crippen LogP contribution in [0.1, 0.15) is 32.6 Å². The Hall–Kier alpha value is -0.870. The van der Waals surface area contributed by atoms with Crippen molar-refractivity contribution < 1.29 is 19.0 Å². The average molecular weight is 254 g/mol. The Morgan fingerprint density at radius 2 is 2.11 bits per heavy atom. The summed E-state index contributed by atoms with van der Waals surface area (Å²) in [5.74, 6) is -0.367. The molecule has 18 heavy (non-hydrogen) atoms. The second kappa shape index (κ2) is 5.41. The Bertz CT molecular complexity index is 331. The van der Waals surface area contributed by atoms with E-state index in [0.29, 0.717) is 18.8 Å². The zero-order valence-electron chi connectivity index (χ0n) is 11.2. The lowest BCUT2D eigenvalue weighted by molar-refractivity contribution is -0.180. The van der Waals surface area contributed by atoms with Gasteiger partial charge in [0.15, 0.2) is 5.79 Å². The highest BCUT2D eigenvalue weighted by Gasteiger charge is 2.57. The molecule has 2 aliphatic rings. The molecule has 1 aliphatic carbocycles. The number of methoxy groups -OCH3 is 1. The molecule has 0 aromatic heterocycles. The van der Waals surface area contributed by atoms with Crippen LogP contribution in [0.15, 0.2) is 12.2 Å². The highest BCUT2D eigenvalue weighted by atomic mass is 16.7. The first-order valence-corrected chi connectivity index (χ1v) is 6.69. The lowest BCUT2D eigenvalue weighted by Gasteiger charge is -2.28. The minimum absolute atomic E-state index is 0.160. The van der Waals surface area contributed by atoms with Crippen molar-refractivity contribution in [2.24, 2.45) is 11.8 Å². The molecule has 1 saturated heterocycles. The van der Waals surface area contributed by atoms with Crippen LogP contribution in [0.3, 0.4) is 0 Å². The normalized spacial score (nSPS) is 29.0. The molecular weight excluding hydrogens is 232 g/mol. The molecule has 0 aromatic carbocycles. The fourth-order valence-corrected chi connectivity index (χ4v) is 2.79. The Kier molecular flexibility index (Phi) is 4.07. The van der Waals surface area contributed by atoms with Gasteiger partial charge in [-0.3, -0.25) is 0 Å². The molecular formula is C14H22O4. The number of hydrogen-bond acceptors (Lipinski definition) is 4. The van der Waals surface area contributed by atoms with Crippen molar-refractivity contribution in [1.82, 2.24) is 0 Å². The summed E-state index contributed by atoms with van der Waals surface area (Å²) < 4.78 is 16.4. The van der Waals surface area contributed by atoms with Gasteiger partial charge in [0.05, 0.1) is 20.3 Å². The van der Waals surface area contributed by atoms with Gasteiger partial charge in [-0.15, -0.1) is 0 Å². The second-order valence-corrected chi connectivity index (χ2v) is 5.08. The van der Waals surface area contributed by atoms with Crippen molar-refractivity contribution in [2.45, 2.75) is 38.4 Å². The maximum Gasteiger partial charge on any atom is 0.333 e. The van der Waals surface area contributed by atoms with E-state index in [1.165, 1.54) is 7.11 Å². The predicted molar refractivity (Wildman–Crippen MR) is 66.9 cm³/mol. The van der Waals surface area contributed by atoms with Crippen LogP contribution >= 0.6 is 0 Å². The lowest BCUT2D eigenvalue weighted by Crippen LogP contribution is -2.34. The van der Waals surface area contributed by atoms with Crippen molar-refractivity contribution in [2.75, 3.05) is 20.3 Å². The maximum atomic E-state index is 11.5. The monoisotopic (exact) mass is 254 g/mol. The van der Waals surface area contributed by atoms with Crippen LogP contribution in [0, 0.1) is 11.8 Å². The van der Waals surface area contributed by atoms with Crippen LogP contribution in [-0.2, 0) is 19.0 Å². The van der Waals surface area contributed by atoms with E-state index < -0.39 is 5.79 Å². The van der Waals surface area contributed by atoms with E-state index in [9.17, 15) is 4.79 Å². The predicted octanol–water partition coefficient (Wildman–Crippen LogP) is 2.29. The highest BCUT2D eigenvalue weighted by Crippen LogP contribution is 2.55. The fraction of sp³-hybridized carbons (Fsp3) is 0.786. The van der Waals surface area contributed by atoms with Crippen LogP contribution in [0.5, 0.6) is 0 Å². The quantitative estimate of drug-likeness (QED) is 0.539. The standard InChI is InChI=1S/C14H22O4/c1-4-5-6-14(17-7-8-18-14)12-9-11(12)10(2)13(15)16-3/h11-12H,2,4-9H2,1,3H3. The highest BCUT2D eigenvalue weighted by molar-refractivity contribution is 5.88. The van der Waals surface area contributed by atoms with Crippen molar-refractivity contribution in [3.63, 3.8) is 0 Å². The molecule has 2 rings (SSSR count). The zero-order chi connectivity index (χ0) is 13.2. The Morgan fingerprint density at radius 3 is 2.67 bits per heavy atom. The number of rotatable bonds is 6. The minimum atomic E-state index is -0.475. The summed E-state index contributed by atoms with van der Waals surface area (Å²) in [5, 5.41) is 0. The van der Waals surface area contributed by atoms with Crippen LogP contribution in [-0.4, -0.2) is 32.1 Å². The van der Waals surface area contributed by atoms with Gasteiger partial charge in [0, 0.05) is 17.9 Å². The summed E-state index contributed by atoms with van der Waals surface area (Å²) in [5.41, 5.74) is 0.553. The molecule has 1 saturated carbocycles. The SMILES string of the molecule is C=C(C(=O)OC)C1CC1C1(CCCC)OCCO1. The lowest BCUT2D eigenvalue weighted by atomic mass is 10.00. The first kappa shape index (κ1) is 13.6. The second-order valence-electron chi connectivity index (χ2n) is 5.08. The third kappa shape index (κ3) is 2.45. The molecule has 102 valence electrons. The molecule has 2 fully saturated rings. The minimum Gasteiger partial charge on any atom is -0.466 e. The van der Waals surface area contributed by atoms with Gasteiger partial charge in [-0.1, -0.05) is 19.9 Å². The fourth-order valence-electron chi connectivity index (χ4n) is 2.79. The third-order valence-corrected chi connectivity index (χ3v) is 3.91. The van der Waals surface area contributed by atoms with E-state index in [1.807, 2.05) is 0 Å². The molecule has 4 nitrogen and oxygen atoms in total. The van der Waals surface area contributed by atoms with E-state index in [4.69, 9.17) is 14.2 Å². The first-order chi connectivity index (χ1) is 8.64. The molecule has 1 heterocycles.